The molecule has 1 aromatic heterocycles. The van der Waals surface area contributed by atoms with E-state index in [1.165, 1.54) is 18.2 Å². The van der Waals surface area contributed by atoms with E-state index in [0.717, 1.165) is 0 Å². The number of anilines is 1. The molecule has 3 rings (SSSR count). The van der Waals surface area contributed by atoms with Gasteiger partial charge in [-0.05, 0) is 47.1 Å². The molecule has 0 spiro atoms. The number of nitrogens with zero attached hydrogens (tertiary/aromatic N) is 2. The first-order valence-electron chi connectivity index (χ1n) is 7.64. The van der Waals surface area contributed by atoms with E-state index in [-0.39, 0.29) is 23.4 Å². The summed E-state index contributed by atoms with van der Waals surface area (Å²) in [6, 6.07) is 8.76. The standard InChI is InChI=1S/C16H15FN4O4S/c1-10-5-6-11(9-12(10)17)19-15(22)7-8-18-26(23,24)14-4-2-3-13-16(14)21-25-20-13/h2-6,9,18H,7-8H2,1H3,(H,19,22). The van der Waals surface area contributed by atoms with Crippen LogP contribution < -0.4 is 10.0 Å². The first-order valence-corrected chi connectivity index (χ1v) is 9.12. The third-order valence-electron chi connectivity index (χ3n) is 3.64. The second kappa shape index (κ2) is 7.18. The minimum atomic E-state index is -3.89. The molecule has 3 aromatic rings. The molecule has 0 radical (unpaired) electrons. The lowest BCUT2D eigenvalue weighted by atomic mass is 10.2. The maximum atomic E-state index is 13.5. The van der Waals surface area contributed by atoms with Gasteiger partial charge in [-0.2, -0.15) is 0 Å². The van der Waals surface area contributed by atoms with Crippen molar-refractivity contribution in [1.82, 2.24) is 15.0 Å². The van der Waals surface area contributed by atoms with Crippen LogP contribution in [-0.2, 0) is 14.8 Å². The van der Waals surface area contributed by atoms with E-state index >= 15 is 0 Å². The number of nitrogens with one attached hydrogen (secondary N) is 2. The van der Waals surface area contributed by atoms with Crippen molar-refractivity contribution in [2.75, 3.05) is 11.9 Å². The van der Waals surface area contributed by atoms with Crippen LogP contribution in [0, 0.1) is 12.7 Å². The smallest absolute Gasteiger partial charge is 0.242 e. The van der Waals surface area contributed by atoms with Gasteiger partial charge in [-0.15, -0.1) is 0 Å². The van der Waals surface area contributed by atoms with Crippen LogP contribution >= 0.6 is 0 Å². The zero-order valence-electron chi connectivity index (χ0n) is 13.7. The Morgan fingerprint density at radius 1 is 1.23 bits per heavy atom. The number of aromatic nitrogens is 2. The highest BCUT2D eigenvalue weighted by Gasteiger charge is 2.20. The predicted octanol–water partition coefficient (Wildman–Crippen LogP) is 1.98. The molecule has 8 nitrogen and oxygen atoms in total. The van der Waals surface area contributed by atoms with Gasteiger partial charge < -0.3 is 5.32 Å². The highest BCUT2D eigenvalue weighted by atomic mass is 32.2. The fourth-order valence-corrected chi connectivity index (χ4v) is 3.45. The van der Waals surface area contributed by atoms with E-state index in [1.54, 1.807) is 25.1 Å². The van der Waals surface area contributed by atoms with Crippen molar-refractivity contribution in [3.63, 3.8) is 0 Å². The summed E-state index contributed by atoms with van der Waals surface area (Å²) in [7, 11) is -3.89. The summed E-state index contributed by atoms with van der Waals surface area (Å²) < 4.78 is 45.1. The number of amides is 1. The van der Waals surface area contributed by atoms with E-state index in [2.05, 4.69) is 25.0 Å². The summed E-state index contributed by atoms with van der Waals surface area (Å²) in [5.74, 6) is -0.880. The van der Waals surface area contributed by atoms with E-state index < -0.39 is 21.7 Å². The Bertz CT molecular complexity index is 1070. The summed E-state index contributed by atoms with van der Waals surface area (Å²) >= 11 is 0. The van der Waals surface area contributed by atoms with E-state index in [4.69, 9.17) is 0 Å². The minimum absolute atomic E-state index is 0.0859. The number of fused-ring (bicyclic) bond motifs is 1. The van der Waals surface area contributed by atoms with Gasteiger partial charge in [0.1, 0.15) is 16.2 Å². The molecule has 1 amide bonds. The molecule has 10 heteroatoms. The van der Waals surface area contributed by atoms with Gasteiger partial charge in [-0.1, -0.05) is 12.1 Å². The van der Waals surface area contributed by atoms with Crippen molar-refractivity contribution >= 4 is 32.7 Å². The van der Waals surface area contributed by atoms with Crippen LogP contribution in [0.1, 0.15) is 12.0 Å². The predicted molar refractivity (Wildman–Crippen MR) is 91.4 cm³/mol. The third kappa shape index (κ3) is 3.86. The van der Waals surface area contributed by atoms with Gasteiger partial charge in [-0.25, -0.2) is 22.2 Å². The number of hydrogen-bond donors (Lipinski definition) is 2. The van der Waals surface area contributed by atoms with Gasteiger partial charge in [0.2, 0.25) is 15.9 Å². The van der Waals surface area contributed by atoms with Crippen molar-refractivity contribution in [3.8, 4) is 0 Å². The van der Waals surface area contributed by atoms with Crippen LogP contribution in [0.4, 0.5) is 10.1 Å². The first-order chi connectivity index (χ1) is 12.4. The molecule has 2 N–H and O–H groups in total. The van der Waals surface area contributed by atoms with Gasteiger partial charge >= 0.3 is 0 Å². The molecule has 0 saturated heterocycles. The third-order valence-corrected chi connectivity index (χ3v) is 5.13. The molecule has 0 aliphatic rings. The van der Waals surface area contributed by atoms with Crippen LogP contribution in [0.5, 0.6) is 0 Å². The SMILES string of the molecule is Cc1ccc(NC(=O)CCNS(=O)(=O)c2cccc3nonc23)cc1F. The molecule has 0 aliphatic carbocycles. The van der Waals surface area contributed by atoms with Crippen molar-refractivity contribution in [2.24, 2.45) is 0 Å². The van der Waals surface area contributed by atoms with E-state index in [9.17, 15) is 17.6 Å². The summed E-state index contributed by atoms with van der Waals surface area (Å²) in [5, 5.41) is 9.68. The van der Waals surface area contributed by atoms with Gasteiger partial charge in [-0.3, -0.25) is 4.79 Å². The molecule has 0 fully saturated rings. The molecule has 0 atom stereocenters. The van der Waals surface area contributed by atoms with E-state index in [1.807, 2.05) is 0 Å². The summed E-state index contributed by atoms with van der Waals surface area (Å²) in [5.41, 5.74) is 1.19. The van der Waals surface area contributed by atoms with Crippen LogP contribution in [0.25, 0.3) is 11.0 Å². The molecule has 26 heavy (non-hydrogen) atoms. The topological polar surface area (TPSA) is 114 Å². The van der Waals surface area contributed by atoms with Crippen molar-refractivity contribution in [1.29, 1.82) is 0 Å². The normalized spacial score (nSPS) is 11.6. The Labute approximate surface area is 148 Å². The summed E-state index contributed by atoms with van der Waals surface area (Å²) in [4.78, 5) is 11.8. The van der Waals surface area contributed by atoms with Crippen molar-refractivity contribution in [2.45, 2.75) is 18.2 Å². The minimum Gasteiger partial charge on any atom is -0.326 e. The fourth-order valence-electron chi connectivity index (χ4n) is 2.27. The quantitative estimate of drug-likeness (QED) is 0.678. The number of benzene rings is 2. The number of aryl methyl sites for hydroxylation is 1. The molecule has 0 unspecified atom stereocenters. The van der Waals surface area contributed by atoms with Gasteiger partial charge in [0.25, 0.3) is 0 Å². The lowest BCUT2D eigenvalue weighted by Gasteiger charge is -2.08. The Morgan fingerprint density at radius 2 is 2.04 bits per heavy atom. The molecule has 1 heterocycles. The molecule has 136 valence electrons. The monoisotopic (exact) mass is 378 g/mol. The lowest BCUT2D eigenvalue weighted by molar-refractivity contribution is -0.116. The summed E-state index contributed by atoms with van der Waals surface area (Å²) in [6.45, 7) is 1.48. The van der Waals surface area contributed by atoms with Gasteiger partial charge in [0.05, 0.1) is 0 Å². The van der Waals surface area contributed by atoms with Crippen LogP contribution in [-0.4, -0.2) is 31.2 Å². The second-order valence-electron chi connectivity index (χ2n) is 5.55. The molecule has 2 aromatic carbocycles. The van der Waals surface area contributed by atoms with Crippen LogP contribution in [0.15, 0.2) is 45.9 Å². The highest BCUT2D eigenvalue weighted by molar-refractivity contribution is 7.89. The number of carbonyl (C=O) groups excluding carboxylic acids is 1. The lowest BCUT2D eigenvalue weighted by Crippen LogP contribution is -2.28. The molecule has 0 aliphatic heterocycles. The number of halogens is 1. The van der Waals surface area contributed by atoms with Crippen molar-refractivity contribution < 1.29 is 22.2 Å². The Morgan fingerprint density at radius 3 is 2.81 bits per heavy atom. The number of carbonyl (C=O) groups is 1. The van der Waals surface area contributed by atoms with Gasteiger partial charge in [0, 0.05) is 18.7 Å². The Kier molecular flexibility index (Phi) is 4.96. The van der Waals surface area contributed by atoms with Crippen LogP contribution in [0.2, 0.25) is 0 Å². The maximum Gasteiger partial charge on any atom is 0.242 e. The fraction of sp³-hybridized carbons (Fsp3) is 0.188. The Balaban J connectivity index is 1.60. The second-order valence-corrected chi connectivity index (χ2v) is 7.28. The van der Waals surface area contributed by atoms with E-state index in [0.29, 0.717) is 16.8 Å². The summed E-state index contributed by atoms with van der Waals surface area (Å²) in [6.07, 6.45) is -0.123. The zero-order valence-corrected chi connectivity index (χ0v) is 14.5. The zero-order chi connectivity index (χ0) is 18.7. The van der Waals surface area contributed by atoms with Crippen LogP contribution in [0.3, 0.4) is 0 Å². The highest BCUT2D eigenvalue weighted by Crippen LogP contribution is 2.19. The molecule has 0 bridgehead atoms. The maximum absolute atomic E-state index is 13.5. The number of hydrogen-bond acceptors (Lipinski definition) is 6. The molecular formula is C16H15FN4O4S. The molecule has 0 saturated carbocycles. The number of rotatable bonds is 6. The van der Waals surface area contributed by atoms with Crippen molar-refractivity contribution in [3.05, 3.63) is 47.8 Å². The number of sulfonamides is 1. The largest absolute Gasteiger partial charge is 0.326 e. The molecular weight excluding hydrogens is 363 g/mol. The van der Waals surface area contributed by atoms with Gasteiger partial charge in [0.15, 0.2) is 5.52 Å². The average Bonchev–Trinajstić information content (AvgIpc) is 3.06. The first kappa shape index (κ1) is 18.0. The average molecular weight is 378 g/mol. The Hall–Kier alpha value is -2.85.